The Morgan fingerprint density at radius 1 is 1.21 bits per heavy atom. The number of methoxy groups -OCH3 is 1. The molecule has 0 saturated carbocycles. The fourth-order valence-corrected chi connectivity index (χ4v) is 4.48. The number of benzene rings is 1. The quantitative estimate of drug-likeness (QED) is 0.358. The van der Waals surface area contributed by atoms with Crippen LogP contribution in [-0.2, 0) is 32.0 Å². The van der Waals surface area contributed by atoms with Gasteiger partial charge in [0.25, 0.3) is 5.69 Å². The van der Waals surface area contributed by atoms with Gasteiger partial charge in [0, 0.05) is 43.8 Å². The summed E-state index contributed by atoms with van der Waals surface area (Å²) in [4.78, 5) is 53.0. The van der Waals surface area contributed by atoms with Gasteiger partial charge in [0.15, 0.2) is 0 Å². The fraction of sp³-hybridized carbons (Fsp3) is 0.435. The Morgan fingerprint density at radius 2 is 1.97 bits per heavy atom. The summed E-state index contributed by atoms with van der Waals surface area (Å²) in [7, 11) is 1.53. The van der Waals surface area contributed by atoms with Crippen LogP contribution in [0.1, 0.15) is 16.9 Å². The second-order valence-corrected chi connectivity index (χ2v) is 8.94. The Bertz CT molecular complexity index is 995. The summed E-state index contributed by atoms with van der Waals surface area (Å²) in [6.07, 6.45) is 0.981. The maximum atomic E-state index is 13.1. The third kappa shape index (κ3) is 6.84. The highest BCUT2D eigenvalue weighted by atomic mass is 32.1. The minimum Gasteiger partial charge on any atom is -0.383 e. The molecule has 1 aromatic heterocycles. The van der Waals surface area contributed by atoms with Gasteiger partial charge >= 0.3 is 0 Å². The minimum absolute atomic E-state index is 0.00827. The molecule has 1 saturated heterocycles. The topological polar surface area (TPSA) is 122 Å². The summed E-state index contributed by atoms with van der Waals surface area (Å²) in [5.74, 6) is -0.771. The highest BCUT2D eigenvalue weighted by Crippen LogP contribution is 2.18. The normalized spacial score (nSPS) is 16.1. The maximum absolute atomic E-state index is 13.1. The molecule has 1 unspecified atom stereocenters. The van der Waals surface area contributed by atoms with Crippen molar-refractivity contribution in [2.24, 2.45) is 0 Å². The first-order chi connectivity index (χ1) is 16.4. The van der Waals surface area contributed by atoms with Crippen LogP contribution < -0.4 is 5.32 Å². The average Bonchev–Trinajstić information content (AvgIpc) is 3.34. The number of nitro benzene ring substituents is 1. The van der Waals surface area contributed by atoms with Gasteiger partial charge in [-0.1, -0.05) is 18.2 Å². The highest BCUT2D eigenvalue weighted by molar-refractivity contribution is 7.09. The number of rotatable bonds is 12. The molecule has 1 aliphatic heterocycles. The van der Waals surface area contributed by atoms with Crippen LogP contribution in [0.4, 0.5) is 5.69 Å². The summed E-state index contributed by atoms with van der Waals surface area (Å²) in [5.41, 5.74) is 0.854. The van der Waals surface area contributed by atoms with Gasteiger partial charge in [0.05, 0.1) is 24.5 Å². The van der Waals surface area contributed by atoms with Gasteiger partial charge in [-0.3, -0.25) is 24.5 Å². The van der Waals surface area contributed by atoms with Gasteiger partial charge in [0.2, 0.25) is 17.7 Å². The zero-order chi connectivity index (χ0) is 24.5. The number of amides is 3. The van der Waals surface area contributed by atoms with Crippen molar-refractivity contribution >= 4 is 34.7 Å². The summed E-state index contributed by atoms with van der Waals surface area (Å²) in [6.45, 7) is 1.25. The molecular weight excluding hydrogens is 460 g/mol. The molecule has 3 amide bonds. The van der Waals surface area contributed by atoms with Crippen LogP contribution in [0, 0.1) is 10.1 Å². The Hall–Kier alpha value is -3.31. The molecule has 1 fully saturated rings. The molecule has 34 heavy (non-hydrogen) atoms. The number of non-ortho nitro benzene ring substituents is 1. The zero-order valence-electron chi connectivity index (χ0n) is 19.0. The van der Waals surface area contributed by atoms with Crippen molar-refractivity contribution in [2.75, 3.05) is 39.9 Å². The Labute approximate surface area is 201 Å². The summed E-state index contributed by atoms with van der Waals surface area (Å²) >= 11 is 1.59. The fourth-order valence-electron chi connectivity index (χ4n) is 3.78. The molecule has 0 spiro atoms. The minimum atomic E-state index is -0.863. The van der Waals surface area contributed by atoms with Gasteiger partial charge in [0.1, 0.15) is 6.04 Å². The molecule has 10 nitrogen and oxygen atoms in total. The molecule has 1 aromatic carbocycles. The maximum Gasteiger partial charge on any atom is 0.269 e. The summed E-state index contributed by atoms with van der Waals surface area (Å²) in [5, 5.41) is 15.5. The lowest BCUT2D eigenvalue weighted by Crippen LogP contribution is -2.61. The van der Waals surface area contributed by atoms with E-state index < -0.39 is 11.0 Å². The van der Waals surface area contributed by atoms with Crippen molar-refractivity contribution in [3.8, 4) is 0 Å². The lowest BCUT2D eigenvalue weighted by Gasteiger charge is -2.40. The van der Waals surface area contributed by atoms with Crippen LogP contribution in [-0.4, -0.2) is 78.4 Å². The lowest BCUT2D eigenvalue weighted by atomic mass is 10.1. The van der Waals surface area contributed by atoms with E-state index in [1.165, 1.54) is 29.0 Å². The lowest BCUT2D eigenvalue weighted by molar-refractivity contribution is -0.384. The molecule has 1 aliphatic rings. The Kier molecular flexibility index (Phi) is 9.11. The number of nitro groups is 1. The molecule has 1 atom stereocenters. The van der Waals surface area contributed by atoms with E-state index in [0.29, 0.717) is 32.5 Å². The van der Waals surface area contributed by atoms with E-state index in [1.807, 2.05) is 17.5 Å². The largest absolute Gasteiger partial charge is 0.383 e. The Morgan fingerprint density at radius 3 is 2.62 bits per heavy atom. The van der Waals surface area contributed by atoms with E-state index in [9.17, 15) is 24.5 Å². The number of nitrogens with one attached hydrogen (secondary N) is 1. The monoisotopic (exact) mass is 488 g/mol. The summed E-state index contributed by atoms with van der Waals surface area (Å²) < 4.78 is 5.05. The second-order valence-electron chi connectivity index (χ2n) is 7.91. The van der Waals surface area contributed by atoms with Gasteiger partial charge in [-0.05, 0) is 29.9 Å². The molecule has 182 valence electrons. The van der Waals surface area contributed by atoms with E-state index >= 15 is 0 Å². The van der Waals surface area contributed by atoms with Crippen LogP contribution in [0.3, 0.4) is 0 Å². The predicted molar refractivity (Wildman–Crippen MR) is 126 cm³/mol. The number of thiophene rings is 1. The molecule has 1 N–H and O–H groups in total. The van der Waals surface area contributed by atoms with E-state index in [4.69, 9.17) is 4.74 Å². The first-order valence-corrected chi connectivity index (χ1v) is 11.9. The van der Waals surface area contributed by atoms with Crippen molar-refractivity contribution < 1.29 is 24.0 Å². The molecule has 0 radical (unpaired) electrons. The van der Waals surface area contributed by atoms with Gasteiger partial charge in [-0.15, -0.1) is 11.3 Å². The summed E-state index contributed by atoms with van der Waals surface area (Å²) in [6, 6.07) is 9.18. The first kappa shape index (κ1) is 25.3. The standard InChI is InChI=1S/C23H28N4O6S/c1-33-13-12-25-16-22(29)26(11-9-19-3-2-14-34-19)20(23(25)30)15-21(28)24-10-8-17-4-6-18(7-5-17)27(31)32/h2-7,14,20H,8-13,15-16H2,1H3,(H,24,28). The average molecular weight is 489 g/mol. The van der Waals surface area contributed by atoms with Crippen molar-refractivity contribution in [3.63, 3.8) is 0 Å². The second kappa shape index (κ2) is 12.2. The van der Waals surface area contributed by atoms with Gasteiger partial charge in [-0.25, -0.2) is 0 Å². The number of nitrogens with zero attached hydrogens (tertiary/aromatic N) is 3. The molecular formula is C23H28N4O6S. The zero-order valence-corrected chi connectivity index (χ0v) is 19.8. The molecule has 11 heteroatoms. The predicted octanol–water partition coefficient (Wildman–Crippen LogP) is 1.63. The van der Waals surface area contributed by atoms with Crippen LogP contribution in [0.5, 0.6) is 0 Å². The van der Waals surface area contributed by atoms with Crippen molar-refractivity contribution in [2.45, 2.75) is 25.3 Å². The van der Waals surface area contributed by atoms with Crippen molar-refractivity contribution in [1.82, 2.24) is 15.1 Å². The first-order valence-electron chi connectivity index (χ1n) is 11.0. The highest BCUT2D eigenvalue weighted by Gasteiger charge is 2.40. The third-order valence-corrected chi connectivity index (χ3v) is 6.56. The van der Waals surface area contributed by atoms with E-state index in [0.717, 1.165) is 10.4 Å². The number of hydrogen-bond acceptors (Lipinski definition) is 7. The van der Waals surface area contributed by atoms with E-state index in [2.05, 4.69) is 5.32 Å². The van der Waals surface area contributed by atoms with E-state index in [1.54, 1.807) is 23.5 Å². The van der Waals surface area contributed by atoms with Crippen LogP contribution in [0.2, 0.25) is 0 Å². The number of piperazine rings is 1. The third-order valence-electron chi connectivity index (χ3n) is 5.63. The molecule has 0 aliphatic carbocycles. The van der Waals surface area contributed by atoms with Crippen LogP contribution in [0.25, 0.3) is 0 Å². The van der Waals surface area contributed by atoms with Crippen LogP contribution >= 0.6 is 11.3 Å². The molecule has 3 rings (SSSR count). The number of hydrogen-bond donors (Lipinski definition) is 1. The SMILES string of the molecule is COCCN1CC(=O)N(CCc2cccs2)C(CC(=O)NCCc2ccc([N+](=O)[O-])cc2)C1=O. The number of ether oxygens (including phenoxy) is 1. The van der Waals surface area contributed by atoms with E-state index in [-0.39, 0.29) is 42.9 Å². The molecule has 2 aromatic rings. The Balaban J connectivity index is 1.59. The number of carbonyl (C=O) groups is 3. The van der Waals surface area contributed by atoms with Gasteiger partial charge < -0.3 is 19.9 Å². The van der Waals surface area contributed by atoms with Crippen molar-refractivity contribution in [1.29, 1.82) is 0 Å². The number of carbonyl (C=O) groups excluding carboxylic acids is 3. The van der Waals surface area contributed by atoms with Crippen LogP contribution in [0.15, 0.2) is 41.8 Å². The molecule has 0 bridgehead atoms. The molecule has 2 heterocycles. The smallest absolute Gasteiger partial charge is 0.269 e. The van der Waals surface area contributed by atoms with Crippen molar-refractivity contribution in [3.05, 3.63) is 62.3 Å². The van der Waals surface area contributed by atoms with Gasteiger partial charge in [-0.2, -0.15) is 0 Å².